The Morgan fingerprint density at radius 3 is 3.15 bits per heavy atom. The molecule has 2 rings (SSSR count). The molecule has 0 aromatic carbocycles. The van der Waals surface area contributed by atoms with Crippen LogP contribution in [0.2, 0.25) is 0 Å². The van der Waals surface area contributed by atoms with Crippen LogP contribution >= 0.6 is 0 Å². The average molecular weight is 173 g/mol. The Morgan fingerprint density at radius 1 is 1.54 bits per heavy atom. The van der Waals surface area contributed by atoms with Gasteiger partial charge in [0.15, 0.2) is 0 Å². The highest BCUT2D eigenvalue weighted by Crippen LogP contribution is 2.06. The van der Waals surface area contributed by atoms with Crippen LogP contribution in [0.5, 0.6) is 0 Å². The molecular formula is C12H15N. The molecule has 1 aliphatic rings. The average Bonchev–Trinajstić information content (AvgIpc) is 2.46. The molecule has 1 heteroatoms. The lowest BCUT2D eigenvalue weighted by atomic mass is 10.0. The van der Waals surface area contributed by atoms with E-state index in [2.05, 4.69) is 42.3 Å². The lowest BCUT2D eigenvalue weighted by Crippen LogP contribution is -2.26. The van der Waals surface area contributed by atoms with E-state index in [4.69, 9.17) is 0 Å². The van der Waals surface area contributed by atoms with Gasteiger partial charge in [-0.15, -0.1) is 0 Å². The zero-order valence-electron chi connectivity index (χ0n) is 8.17. The standard InChI is InChI=1S/C12H15N/c1-3-4-11-8-10-6-5-9(2)7-12(10)13-11/h3-4,6-9,13H,5H2,1-2H3/b4-3+. The molecule has 0 saturated carbocycles. The Bertz CT molecular complexity index is 434. The molecule has 0 bridgehead atoms. The van der Waals surface area contributed by atoms with Gasteiger partial charge in [-0.25, -0.2) is 0 Å². The van der Waals surface area contributed by atoms with E-state index in [9.17, 15) is 0 Å². The second-order valence-electron chi connectivity index (χ2n) is 3.68. The molecule has 0 amide bonds. The molecule has 13 heavy (non-hydrogen) atoms. The van der Waals surface area contributed by atoms with E-state index in [1.54, 1.807) is 0 Å². The van der Waals surface area contributed by atoms with E-state index in [1.807, 2.05) is 6.92 Å². The van der Waals surface area contributed by atoms with Crippen molar-refractivity contribution >= 4 is 18.2 Å². The maximum absolute atomic E-state index is 3.39. The van der Waals surface area contributed by atoms with E-state index >= 15 is 0 Å². The van der Waals surface area contributed by atoms with Crippen molar-refractivity contribution in [2.45, 2.75) is 20.3 Å². The summed E-state index contributed by atoms with van der Waals surface area (Å²) in [7, 11) is 0. The normalized spacial score (nSPS) is 20.9. The van der Waals surface area contributed by atoms with E-state index in [0.717, 1.165) is 0 Å². The molecule has 68 valence electrons. The van der Waals surface area contributed by atoms with Crippen LogP contribution in [0, 0.1) is 5.92 Å². The van der Waals surface area contributed by atoms with E-state index in [-0.39, 0.29) is 0 Å². The van der Waals surface area contributed by atoms with Crippen molar-refractivity contribution in [3.05, 3.63) is 28.4 Å². The van der Waals surface area contributed by atoms with Gasteiger partial charge in [0, 0.05) is 11.0 Å². The Hall–Kier alpha value is -1.24. The third-order valence-corrected chi connectivity index (χ3v) is 2.41. The fourth-order valence-corrected chi connectivity index (χ4v) is 1.75. The smallest absolute Gasteiger partial charge is 0.0417 e. The summed E-state index contributed by atoms with van der Waals surface area (Å²) >= 11 is 0. The molecule has 0 spiro atoms. The molecule has 0 fully saturated rings. The molecular weight excluding hydrogens is 158 g/mol. The first-order valence-electron chi connectivity index (χ1n) is 4.83. The molecule has 0 saturated heterocycles. The van der Waals surface area contributed by atoms with Gasteiger partial charge in [0.1, 0.15) is 0 Å². The SMILES string of the molecule is C/C=C/c1cc2c([nH]1)=CC(C)CC=2. The number of fused-ring (bicyclic) bond motifs is 1. The van der Waals surface area contributed by atoms with E-state index in [0.29, 0.717) is 5.92 Å². The Balaban J connectivity index is 2.56. The largest absolute Gasteiger partial charge is 0.355 e. The highest BCUT2D eigenvalue weighted by Gasteiger charge is 2.02. The zero-order chi connectivity index (χ0) is 9.26. The van der Waals surface area contributed by atoms with Gasteiger partial charge in [-0.3, -0.25) is 0 Å². The molecule has 0 aliphatic heterocycles. The van der Waals surface area contributed by atoms with E-state index in [1.165, 1.54) is 22.7 Å². The van der Waals surface area contributed by atoms with Crippen molar-refractivity contribution in [3.8, 4) is 0 Å². The van der Waals surface area contributed by atoms with Gasteiger partial charge in [0.2, 0.25) is 0 Å². The van der Waals surface area contributed by atoms with Crippen molar-refractivity contribution in [1.82, 2.24) is 4.98 Å². The highest BCUT2D eigenvalue weighted by atomic mass is 14.7. The lowest BCUT2D eigenvalue weighted by molar-refractivity contribution is 0.797. The number of aromatic amines is 1. The summed E-state index contributed by atoms with van der Waals surface area (Å²) < 4.78 is 0. The Labute approximate surface area is 78.5 Å². The maximum atomic E-state index is 3.39. The number of hydrogen-bond acceptors (Lipinski definition) is 0. The maximum Gasteiger partial charge on any atom is 0.0417 e. The van der Waals surface area contributed by atoms with Crippen LogP contribution in [0.3, 0.4) is 0 Å². The van der Waals surface area contributed by atoms with Crippen molar-refractivity contribution in [2.24, 2.45) is 5.92 Å². The third kappa shape index (κ3) is 1.59. The van der Waals surface area contributed by atoms with E-state index < -0.39 is 0 Å². The molecule has 1 aromatic heterocycles. The van der Waals surface area contributed by atoms with Crippen LogP contribution in [-0.2, 0) is 0 Å². The van der Waals surface area contributed by atoms with Crippen LogP contribution in [-0.4, -0.2) is 4.98 Å². The summed E-state index contributed by atoms with van der Waals surface area (Å²) in [4.78, 5) is 3.39. The first kappa shape index (κ1) is 8.36. The third-order valence-electron chi connectivity index (χ3n) is 2.41. The minimum atomic E-state index is 0.671. The number of aromatic nitrogens is 1. The quantitative estimate of drug-likeness (QED) is 0.664. The number of hydrogen-bond donors (Lipinski definition) is 1. The van der Waals surface area contributed by atoms with Crippen molar-refractivity contribution in [1.29, 1.82) is 0 Å². The number of rotatable bonds is 1. The van der Waals surface area contributed by atoms with Crippen LogP contribution < -0.4 is 10.6 Å². The summed E-state index contributed by atoms with van der Waals surface area (Å²) in [6.45, 7) is 4.28. The summed E-state index contributed by atoms with van der Waals surface area (Å²) in [6, 6.07) is 2.21. The second kappa shape index (κ2) is 3.25. The van der Waals surface area contributed by atoms with Gasteiger partial charge in [0.05, 0.1) is 0 Å². The number of H-pyrrole nitrogens is 1. The first-order valence-corrected chi connectivity index (χ1v) is 4.83. The van der Waals surface area contributed by atoms with Gasteiger partial charge in [-0.2, -0.15) is 0 Å². The van der Waals surface area contributed by atoms with Gasteiger partial charge >= 0.3 is 0 Å². The fraction of sp³-hybridized carbons (Fsp3) is 0.333. The molecule has 1 aromatic rings. The molecule has 1 N–H and O–H groups in total. The summed E-state index contributed by atoms with van der Waals surface area (Å²) in [5.41, 5.74) is 1.20. The highest BCUT2D eigenvalue weighted by molar-refractivity contribution is 5.48. The number of nitrogens with one attached hydrogen (secondary N) is 1. The van der Waals surface area contributed by atoms with Crippen molar-refractivity contribution in [2.75, 3.05) is 0 Å². The molecule has 1 nitrogen and oxygen atoms in total. The van der Waals surface area contributed by atoms with Crippen molar-refractivity contribution < 1.29 is 0 Å². The topological polar surface area (TPSA) is 15.8 Å². The predicted octanol–water partition coefficient (Wildman–Crippen LogP) is 1.65. The molecule has 1 unspecified atom stereocenters. The number of allylic oxidation sites excluding steroid dienone is 1. The van der Waals surface area contributed by atoms with Gasteiger partial charge in [0.25, 0.3) is 0 Å². The van der Waals surface area contributed by atoms with Gasteiger partial charge < -0.3 is 4.98 Å². The molecule has 1 aliphatic carbocycles. The van der Waals surface area contributed by atoms with Gasteiger partial charge in [-0.05, 0) is 36.6 Å². The van der Waals surface area contributed by atoms with Crippen LogP contribution in [0.4, 0.5) is 0 Å². The molecule has 1 heterocycles. The Kier molecular flexibility index (Phi) is 2.09. The molecule has 0 radical (unpaired) electrons. The summed E-state index contributed by atoms with van der Waals surface area (Å²) in [5, 5.41) is 2.64. The lowest BCUT2D eigenvalue weighted by Gasteiger charge is -2.03. The van der Waals surface area contributed by atoms with Crippen LogP contribution in [0.25, 0.3) is 18.2 Å². The van der Waals surface area contributed by atoms with Crippen LogP contribution in [0.1, 0.15) is 26.0 Å². The second-order valence-corrected chi connectivity index (χ2v) is 3.68. The minimum Gasteiger partial charge on any atom is -0.355 e. The monoisotopic (exact) mass is 173 g/mol. The summed E-state index contributed by atoms with van der Waals surface area (Å²) in [6.07, 6.45) is 9.94. The van der Waals surface area contributed by atoms with Crippen molar-refractivity contribution in [3.63, 3.8) is 0 Å². The molecule has 1 atom stereocenters. The first-order chi connectivity index (χ1) is 6.29. The zero-order valence-corrected chi connectivity index (χ0v) is 8.17. The predicted molar refractivity (Wildman–Crippen MR) is 57.5 cm³/mol. The Morgan fingerprint density at radius 2 is 2.38 bits per heavy atom. The summed E-state index contributed by atoms with van der Waals surface area (Å²) in [5.74, 6) is 0.671. The minimum absolute atomic E-state index is 0.671. The fourth-order valence-electron chi connectivity index (χ4n) is 1.75. The van der Waals surface area contributed by atoms with Crippen LogP contribution in [0.15, 0.2) is 12.1 Å². The van der Waals surface area contributed by atoms with Gasteiger partial charge in [-0.1, -0.05) is 25.2 Å².